The molecule has 0 aliphatic rings. The van der Waals surface area contributed by atoms with Gasteiger partial charge in [-0.05, 0) is 59.5 Å². The molecule has 0 spiro atoms. The van der Waals surface area contributed by atoms with Gasteiger partial charge in [-0.15, -0.1) is 0 Å². The Balaban J connectivity index is 1.88. The maximum Gasteiger partial charge on any atom is 0.389 e. The maximum atomic E-state index is 12.2. The summed E-state index contributed by atoms with van der Waals surface area (Å²) in [5, 5.41) is 14.2. The fourth-order valence-corrected chi connectivity index (χ4v) is 3.24. The van der Waals surface area contributed by atoms with Gasteiger partial charge in [-0.25, -0.2) is 0 Å². The lowest BCUT2D eigenvalue weighted by atomic mass is 9.94. The lowest BCUT2D eigenvalue weighted by molar-refractivity contribution is -0.136. The highest BCUT2D eigenvalue weighted by Gasteiger charge is 2.26. The van der Waals surface area contributed by atoms with Gasteiger partial charge in [0.25, 0.3) is 0 Å². The number of alkyl halides is 3. The van der Waals surface area contributed by atoms with Gasteiger partial charge >= 0.3 is 6.18 Å². The summed E-state index contributed by atoms with van der Waals surface area (Å²) in [5.41, 5.74) is 0.226. The SMILES string of the molecule is CC(C)(O)Cc1ccc2ccc3ccc(OCCCC(F)(F)F)cc3c2c1. The first-order valence-electron chi connectivity index (χ1n) is 8.98. The van der Waals surface area contributed by atoms with Crippen molar-refractivity contribution in [1.82, 2.24) is 0 Å². The molecule has 0 aliphatic heterocycles. The van der Waals surface area contributed by atoms with Crippen LogP contribution >= 0.6 is 0 Å². The molecule has 0 aromatic heterocycles. The molecule has 0 unspecified atom stereocenters. The first-order chi connectivity index (χ1) is 12.6. The topological polar surface area (TPSA) is 29.5 Å². The zero-order chi connectivity index (χ0) is 19.7. The van der Waals surface area contributed by atoms with Gasteiger partial charge in [0.1, 0.15) is 5.75 Å². The second kappa shape index (κ2) is 7.39. The number of halogens is 3. The smallest absolute Gasteiger partial charge is 0.389 e. The lowest BCUT2D eigenvalue weighted by Gasteiger charge is -2.17. The van der Waals surface area contributed by atoms with Crippen molar-refractivity contribution in [2.45, 2.75) is 44.9 Å². The lowest BCUT2D eigenvalue weighted by Crippen LogP contribution is -2.21. The van der Waals surface area contributed by atoms with E-state index in [0.29, 0.717) is 12.2 Å². The predicted octanol–water partition coefficient (Wildman–Crippen LogP) is 6.03. The van der Waals surface area contributed by atoms with Crippen LogP contribution in [0.5, 0.6) is 5.75 Å². The molecule has 1 N–H and O–H groups in total. The van der Waals surface area contributed by atoms with Crippen LogP contribution < -0.4 is 4.74 Å². The quantitative estimate of drug-likeness (QED) is 0.421. The number of rotatable bonds is 6. The van der Waals surface area contributed by atoms with Crippen LogP contribution in [0.2, 0.25) is 0 Å². The van der Waals surface area contributed by atoms with E-state index in [1.165, 1.54) is 0 Å². The Morgan fingerprint density at radius 1 is 0.889 bits per heavy atom. The van der Waals surface area contributed by atoms with Gasteiger partial charge < -0.3 is 9.84 Å². The summed E-state index contributed by atoms with van der Waals surface area (Å²) in [7, 11) is 0. The van der Waals surface area contributed by atoms with E-state index in [2.05, 4.69) is 6.07 Å². The van der Waals surface area contributed by atoms with Crippen molar-refractivity contribution in [3.63, 3.8) is 0 Å². The van der Waals surface area contributed by atoms with E-state index >= 15 is 0 Å². The van der Waals surface area contributed by atoms with Crippen LogP contribution in [-0.4, -0.2) is 23.5 Å². The third-order valence-electron chi connectivity index (χ3n) is 4.39. The van der Waals surface area contributed by atoms with Crippen molar-refractivity contribution in [2.24, 2.45) is 0 Å². The van der Waals surface area contributed by atoms with E-state index in [-0.39, 0.29) is 13.0 Å². The molecule has 2 nitrogen and oxygen atoms in total. The van der Waals surface area contributed by atoms with Crippen LogP contribution in [-0.2, 0) is 6.42 Å². The van der Waals surface area contributed by atoms with Crippen molar-refractivity contribution in [3.8, 4) is 5.75 Å². The summed E-state index contributed by atoms with van der Waals surface area (Å²) in [5.74, 6) is 0.560. The Labute approximate surface area is 156 Å². The minimum atomic E-state index is -4.15. The van der Waals surface area contributed by atoms with Crippen molar-refractivity contribution in [2.75, 3.05) is 6.61 Å². The minimum Gasteiger partial charge on any atom is -0.494 e. The molecule has 3 aromatic rings. The van der Waals surface area contributed by atoms with Gasteiger partial charge in [-0.3, -0.25) is 0 Å². The summed E-state index contributed by atoms with van der Waals surface area (Å²) in [6.07, 6.45) is -4.52. The molecule has 3 aromatic carbocycles. The molecule has 3 rings (SSSR count). The van der Waals surface area contributed by atoms with Gasteiger partial charge in [-0.2, -0.15) is 13.2 Å². The molecule has 0 atom stereocenters. The molecule has 0 bridgehead atoms. The molecule has 144 valence electrons. The van der Waals surface area contributed by atoms with Crippen LogP contribution in [0.3, 0.4) is 0 Å². The Morgan fingerprint density at radius 3 is 2.11 bits per heavy atom. The normalized spacial score (nSPS) is 12.7. The first kappa shape index (κ1) is 19.5. The summed E-state index contributed by atoms with van der Waals surface area (Å²) in [6.45, 7) is 3.57. The third-order valence-corrected chi connectivity index (χ3v) is 4.39. The number of ether oxygens (including phenoxy) is 1. The van der Waals surface area contributed by atoms with Gasteiger partial charge in [-0.1, -0.05) is 36.4 Å². The average molecular weight is 376 g/mol. The zero-order valence-electron chi connectivity index (χ0n) is 15.4. The molecule has 0 saturated carbocycles. The molecule has 0 fully saturated rings. The van der Waals surface area contributed by atoms with Crippen LogP contribution in [0.1, 0.15) is 32.3 Å². The molecular weight excluding hydrogens is 353 g/mol. The Morgan fingerprint density at radius 2 is 1.48 bits per heavy atom. The summed E-state index contributed by atoms with van der Waals surface area (Å²) < 4.78 is 42.3. The van der Waals surface area contributed by atoms with E-state index < -0.39 is 18.2 Å². The highest BCUT2D eigenvalue weighted by molar-refractivity contribution is 6.08. The fourth-order valence-electron chi connectivity index (χ4n) is 3.24. The molecule has 5 heteroatoms. The number of aliphatic hydroxyl groups is 1. The van der Waals surface area contributed by atoms with Crippen molar-refractivity contribution < 1.29 is 23.0 Å². The number of benzene rings is 3. The van der Waals surface area contributed by atoms with E-state index in [9.17, 15) is 18.3 Å². The Hall–Kier alpha value is -2.27. The van der Waals surface area contributed by atoms with Gasteiger partial charge in [0, 0.05) is 12.8 Å². The molecule has 0 heterocycles. The monoisotopic (exact) mass is 376 g/mol. The second-order valence-corrected chi connectivity index (χ2v) is 7.56. The van der Waals surface area contributed by atoms with Gasteiger partial charge in [0.05, 0.1) is 12.2 Å². The summed E-state index contributed by atoms with van der Waals surface area (Å²) in [6, 6.07) is 15.7. The largest absolute Gasteiger partial charge is 0.494 e. The van der Waals surface area contributed by atoms with E-state index in [0.717, 1.165) is 27.1 Å². The average Bonchev–Trinajstić information content (AvgIpc) is 2.56. The second-order valence-electron chi connectivity index (χ2n) is 7.56. The number of hydrogen-bond acceptors (Lipinski definition) is 2. The molecular formula is C22H23F3O2. The van der Waals surface area contributed by atoms with Crippen molar-refractivity contribution in [1.29, 1.82) is 0 Å². The standard InChI is InChI=1S/C22H23F3O2/c1-21(2,26)14-15-4-5-16-6-7-17-8-9-18(13-20(17)19(16)12-15)27-11-3-10-22(23,24)25/h4-9,12-13,26H,3,10-11,14H2,1-2H3. The van der Waals surface area contributed by atoms with Gasteiger partial charge in [0.2, 0.25) is 0 Å². The van der Waals surface area contributed by atoms with E-state index in [1.54, 1.807) is 19.9 Å². The molecule has 0 amide bonds. The predicted molar refractivity (Wildman–Crippen MR) is 102 cm³/mol. The van der Waals surface area contributed by atoms with E-state index in [1.807, 2.05) is 36.4 Å². The molecule has 0 radical (unpaired) electrons. The summed E-state index contributed by atoms with van der Waals surface area (Å²) in [4.78, 5) is 0. The fraction of sp³-hybridized carbons (Fsp3) is 0.364. The zero-order valence-corrected chi connectivity index (χ0v) is 15.4. The molecule has 0 aliphatic carbocycles. The van der Waals surface area contributed by atoms with Gasteiger partial charge in [0.15, 0.2) is 0 Å². The van der Waals surface area contributed by atoms with Crippen LogP contribution in [0.4, 0.5) is 13.2 Å². The van der Waals surface area contributed by atoms with E-state index in [4.69, 9.17) is 4.74 Å². The molecule has 0 saturated heterocycles. The number of fused-ring (bicyclic) bond motifs is 3. The first-order valence-corrected chi connectivity index (χ1v) is 8.98. The number of hydrogen-bond donors (Lipinski definition) is 1. The van der Waals surface area contributed by atoms with Crippen molar-refractivity contribution in [3.05, 3.63) is 54.1 Å². The maximum absolute atomic E-state index is 12.2. The molecule has 27 heavy (non-hydrogen) atoms. The Bertz CT molecular complexity index is 940. The summed E-state index contributed by atoms with van der Waals surface area (Å²) >= 11 is 0. The van der Waals surface area contributed by atoms with Crippen LogP contribution in [0.15, 0.2) is 48.5 Å². The highest BCUT2D eigenvalue weighted by Crippen LogP contribution is 2.30. The highest BCUT2D eigenvalue weighted by atomic mass is 19.4. The Kier molecular flexibility index (Phi) is 5.33. The third kappa shape index (κ3) is 5.36. The van der Waals surface area contributed by atoms with Crippen LogP contribution in [0.25, 0.3) is 21.5 Å². The van der Waals surface area contributed by atoms with Crippen LogP contribution in [0, 0.1) is 0 Å². The minimum absolute atomic E-state index is 0.0275. The van der Waals surface area contributed by atoms with Crippen molar-refractivity contribution >= 4 is 21.5 Å².